The summed E-state index contributed by atoms with van der Waals surface area (Å²) < 4.78 is 5.34. The van der Waals surface area contributed by atoms with Crippen LogP contribution >= 0.6 is 0 Å². The lowest BCUT2D eigenvalue weighted by Gasteiger charge is -2.20. The molecule has 0 aliphatic carbocycles. The van der Waals surface area contributed by atoms with Gasteiger partial charge in [-0.15, -0.1) is 0 Å². The van der Waals surface area contributed by atoms with Crippen LogP contribution in [0.25, 0.3) is 0 Å². The maximum absolute atomic E-state index is 12.5. The first kappa shape index (κ1) is 14.3. The summed E-state index contributed by atoms with van der Waals surface area (Å²) in [6.45, 7) is 4.55. The Morgan fingerprint density at radius 1 is 1.55 bits per heavy atom. The minimum atomic E-state index is -0.871. The first-order chi connectivity index (χ1) is 9.48. The lowest BCUT2D eigenvalue weighted by atomic mass is 9.90. The van der Waals surface area contributed by atoms with Crippen molar-refractivity contribution in [3.63, 3.8) is 0 Å². The summed E-state index contributed by atoms with van der Waals surface area (Å²) in [6, 6.07) is 3.32. The maximum Gasteiger partial charge on any atom is 0.311 e. The van der Waals surface area contributed by atoms with Crippen molar-refractivity contribution in [2.45, 2.75) is 20.3 Å². The molecule has 1 saturated heterocycles. The van der Waals surface area contributed by atoms with Crippen LogP contribution < -0.4 is 4.74 Å². The first-order valence-electron chi connectivity index (χ1n) is 6.58. The number of aromatic nitrogens is 1. The highest BCUT2D eigenvalue weighted by molar-refractivity contribution is 5.97. The number of ether oxygens (including phenoxy) is 1. The molecule has 6 heteroatoms. The van der Waals surface area contributed by atoms with Crippen molar-refractivity contribution in [3.05, 3.63) is 23.9 Å². The van der Waals surface area contributed by atoms with Crippen molar-refractivity contribution < 1.29 is 19.4 Å². The third-order valence-electron chi connectivity index (χ3n) is 3.56. The second-order valence-corrected chi connectivity index (χ2v) is 5.13. The monoisotopic (exact) mass is 278 g/mol. The Morgan fingerprint density at radius 3 is 2.90 bits per heavy atom. The predicted molar refractivity (Wildman–Crippen MR) is 71.7 cm³/mol. The quantitative estimate of drug-likeness (QED) is 0.901. The smallest absolute Gasteiger partial charge is 0.311 e. The molecule has 1 aliphatic heterocycles. The minimum Gasteiger partial charge on any atom is -0.481 e. The topological polar surface area (TPSA) is 79.7 Å². The van der Waals surface area contributed by atoms with Gasteiger partial charge in [0.05, 0.1) is 12.0 Å². The van der Waals surface area contributed by atoms with E-state index in [4.69, 9.17) is 4.74 Å². The fourth-order valence-corrected chi connectivity index (χ4v) is 2.28. The van der Waals surface area contributed by atoms with Gasteiger partial charge in [0.15, 0.2) is 0 Å². The highest BCUT2D eigenvalue weighted by atomic mass is 16.5. The van der Waals surface area contributed by atoms with Gasteiger partial charge in [-0.1, -0.05) is 0 Å². The van der Waals surface area contributed by atoms with E-state index in [2.05, 4.69) is 4.98 Å². The normalized spacial score (nSPS) is 21.8. The highest BCUT2D eigenvalue weighted by Crippen LogP contribution is 2.31. The van der Waals surface area contributed by atoms with Crippen LogP contribution in [0.4, 0.5) is 0 Å². The van der Waals surface area contributed by atoms with Gasteiger partial charge in [0, 0.05) is 19.3 Å². The van der Waals surface area contributed by atoms with Crippen LogP contribution in [-0.2, 0) is 4.79 Å². The molecule has 6 nitrogen and oxygen atoms in total. The van der Waals surface area contributed by atoms with Crippen LogP contribution in [0.2, 0.25) is 0 Å². The molecule has 2 heterocycles. The van der Waals surface area contributed by atoms with Gasteiger partial charge in [-0.2, -0.15) is 0 Å². The molecule has 0 bridgehead atoms. The highest BCUT2D eigenvalue weighted by Gasteiger charge is 2.42. The van der Waals surface area contributed by atoms with Crippen molar-refractivity contribution in [2.24, 2.45) is 5.41 Å². The molecule has 0 aromatic carbocycles. The van der Waals surface area contributed by atoms with E-state index in [0.717, 1.165) is 0 Å². The van der Waals surface area contributed by atoms with Gasteiger partial charge in [0.25, 0.3) is 5.91 Å². The average Bonchev–Trinajstić information content (AvgIpc) is 2.83. The van der Waals surface area contributed by atoms with Crippen molar-refractivity contribution in [1.29, 1.82) is 0 Å². The van der Waals surface area contributed by atoms with E-state index in [1.54, 1.807) is 30.2 Å². The summed E-state index contributed by atoms with van der Waals surface area (Å²) in [6.07, 6.45) is 2.02. The van der Waals surface area contributed by atoms with Crippen LogP contribution in [-0.4, -0.2) is 46.6 Å². The summed E-state index contributed by atoms with van der Waals surface area (Å²) in [5.74, 6) is -0.806. The first-order valence-corrected chi connectivity index (χ1v) is 6.58. The molecule has 1 atom stereocenters. The van der Waals surface area contributed by atoms with Gasteiger partial charge >= 0.3 is 5.97 Å². The number of hydrogen-bond donors (Lipinski definition) is 1. The van der Waals surface area contributed by atoms with E-state index in [-0.39, 0.29) is 12.5 Å². The molecule has 1 amide bonds. The van der Waals surface area contributed by atoms with Gasteiger partial charge in [0.1, 0.15) is 5.56 Å². The Bertz CT molecular complexity index is 532. The van der Waals surface area contributed by atoms with E-state index < -0.39 is 11.4 Å². The van der Waals surface area contributed by atoms with Crippen molar-refractivity contribution >= 4 is 11.9 Å². The molecule has 20 heavy (non-hydrogen) atoms. The molecule has 2 rings (SSSR count). The zero-order chi connectivity index (χ0) is 14.8. The van der Waals surface area contributed by atoms with Crippen molar-refractivity contribution in [3.8, 4) is 5.88 Å². The van der Waals surface area contributed by atoms with E-state index >= 15 is 0 Å². The lowest BCUT2D eigenvalue weighted by Crippen LogP contribution is -2.35. The Kier molecular flexibility index (Phi) is 3.92. The zero-order valence-corrected chi connectivity index (χ0v) is 11.6. The summed E-state index contributed by atoms with van der Waals surface area (Å²) >= 11 is 0. The molecule has 0 radical (unpaired) electrons. The van der Waals surface area contributed by atoms with Crippen LogP contribution in [0.15, 0.2) is 18.3 Å². The predicted octanol–water partition coefficient (Wildman–Crippen LogP) is 1.42. The second kappa shape index (κ2) is 5.48. The molecule has 1 aromatic rings. The number of nitrogens with zero attached hydrogens (tertiary/aromatic N) is 2. The number of hydrogen-bond acceptors (Lipinski definition) is 4. The number of aliphatic carboxylic acids is 1. The number of carboxylic acids is 1. The van der Waals surface area contributed by atoms with Gasteiger partial charge in [-0.05, 0) is 32.4 Å². The Hall–Kier alpha value is -2.11. The lowest BCUT2D eigenvalue weighted by molar-refractivity contribution is -0.147. The fourth-order valence-electron chi connectivity index (χ4n) is 2.28. The minimum absolute atomic E-state index is 0.210. The summed E-state index contributed by atoms with van der Waals surface area (Å²) in [5.41, 5.74) is -0.493. The van der Waals surface area contributed by atoms with Gasteiger partial charge < -0.3 is 14.7 Å². The Morgan fingerprint density at radius 2 is 2.30 bits per heavy atom. The fraction of sp³-hybridized carbons (Fsp3) is 0.500. The number of amides is 1. The van der Waals surface area contributed by atoms with Crippen LogP contribution in [0.5, 0.6) is 5.88 Å². The Balaban J connectivity index is 2.19. The molecule has 0 saturated carbocycles. The molecule has 1 aromatic heterocycles. The van der Waals surface area contributed by atoms with Crippen molar-refractivity contribution in [1.82, 2.24) is 9.88 Å². The van der Waals surface area contributed by atoms with E-state index in [1.165, 1.54) is 0 Å². The molecule has 1 aliphatic rings. The zero-order valence-electron chi connectivity index (χ0n) is 11.6. The largest absolute Gasteiger partial charge is 0.481 e. The van der Waals surface area contributed by atoms with E-state index in [1.807, 2.05) is 6.92 Å². The number of rotatable bonds is 4. The van der Waals surface area contributed by atoms with E-state index in [9.17, 15) is 14.7 Å². The number of likely N-dealkylation sites (tertiary alicyclic amines) is 1. The van der Waals surface area contributed by atoms with Crippen LogP contribution in [0, 0.1) is 5.41 Å². The number of pyridine rings is 1. The molecular weight excluding hydrogens is 260 g/mol. The van der Waals surface area contributed by atoms with Crippen LogP contribution in [0.1, 0.15) is 30.6 Å². The number of carbonyl (C=O) groups is 2. The molecule has 0 spiro atoms. The van der Waals surface area contributed by atoms with E-state index in [0.29, 0.717) is 31.0 Å². The number of carboxylic acid groups (broad SMARTS) is 1. The maximum atomic E-state index is 12.5. The van der Waals surface area contributed by atoms with Crippen molar-refractivity contribution in [2.75, 3.05) is 19.7 Å². The Labute approximate surface area is 117 Å². The molecule has 108 valence electrons. The third-order valence-corrected chi connectivity index (χ3v) is 3.56. The third kappa shape index (κ3) is 2.59. The number of carbonyl (C=O) groups excluding carboxylic acids is 1. The van der Waals surface area contributed by atoms with Gasteiger partial charge in [0.2, 0.25) is 5.88 Å². The molecule has 1 unspecified atom stereocenters. The summed E-state index contributed by atoms with van der Waals surface area (Å²) in [4.78, 5) is 29.3. The second-order valence-electron chi connectivity index (χ2n) is 5.13. The SMILES string of the molecule is CCOc1ncccc1C(=O)N1CCC(C)(C(=O)O)C1. The summed E-state index contributed by atoms with van der Waals surface area (Å²) in [5, 5.41) is 9.21. The standard InChI is InChI=1S/C14H18N2O4/c1-3-20-11-10(5-4-7-15-11)12(17)16-8-6-14(2,9-16)13(18)19/h4-5,7H,3,6,8-9H2,1-2H3,(H,18,19). The molecule has 1 N–H and O–H groups in total. The molecule has 1 fully saturated rings. The molecular formula is C14H18N2O4. The van der Waals surface area contributed by atoms with Gasteiger partial charge in [-0.3, -0.25) is 9.59 Å². The van der Waals surface area contributed by atoms with Crippen LogP contribution in [0.3, 0.4) is 0 Å². The average molecular weight is 278 g/mol. The van der Waals surface area contributed by atoms with Gasteiger partial charge in [-0.25, -0.2) is 4.98 Å². The summed E-state index contributed by atoms with van der Waals surface area (Å²) in [7, 11) is 0.